The van der Waals surface area contributed by atoms with Crippen molar-refractivity contribution in [3.63, 3.8) is 0 Å². The van der Waals surface area contributed by atoms with Crippen molar-refractivity contribution in [2.75, 3.05) is 0 Å². The standard InChI is InChI=1S/C20H31NO2/c22-18-12-10-16(11-13-18)20(23)21-19-14-17(19)9-5-4-8-15-6-2-1-3-7-15/h2,6-7,16-19,22H,1,3-5,8-14H2,(H,21,23). The summed E-state index contributed by atoms with van der Waals surface area (Å²) >= 11 is 0. The first-order chi connectivity index (χ1) is 11.2. The van der Waals surface area contributed by atoms with Gasteiger partial charge in [-0.1, -0.05) is 30.2 Å². The summed E-state index contributed by atoms with van der Waals surface area (Å²) in [4.78, 5) is 12.2. The maximum atomic E-state index is 12.2. The molecule has 2 N–H and O–H groups in total. The fraction of sp³-hybridized carbons (Fsp3) is 0.750. The molecule has 0 aromatic rings. The third-order valence-electron chi connectivity index (χ3n) is 5.68. The summed E-state index contributed by atoms with van der Waals surface area (Å²) in [5, 5.41) is 12.8. The lowest BCUT2D eigenvalue weighted by molar-refractivity contribution is -0.126. The monoisotopic (exact) mass is 317 g/mol. The second kappa shape index (κ2) is 8.14. The quantitative estimate of drug-likeness (QED) is 0.700. The molecule has 1 amide bonds. The number of hydrogen-bond donors (Lipinski definition) is 2. The Kier molecular flexibility index (Phi) is 5.93. The number of nitrogens with one attached hydrogen (secondary N) is 1. The number of carbonyl (C=O) groups is 1. The molecule has 0 spiro atoms. The Balaban J connectivity index is 1.26. The van der Waals surface area contributed by atoms with Crippen molar-refractivity contribution >= 4 is 5.91 Å². The van der Waals surface area contributed by atoms with Crippen molar-refractivity contribution in [3.05, 3.63) is 23.8 Å². The maximum Gasteiger partial charge on any atom is 0.223 e. The van der Waals surface area contributed by atoms with E-state index in [2.05, 4.69) is 23.5 Å². The van der Waals surface area contributed by atoms with Crippen LogP contribution in [-0.4, -0.2) is 23.2 Å². The molecule has 128 valence electrons. The Bertz CT molecular complexity index is 460. The first kappa shape index (κ1) is 16.8. The number of amides is 1. The molecule has 3 aliphatic rings. The van der Waals surface area contributed by atoms with Crippen molar-refractivity contribution in [2.45, 2.75) is 82.8 Å². The minimum Gasteiger partial charge on any atom is -0.393 e. The van der Waals surface area contributed by atoms with Crippen LogP contribution < -0.4 is 5.32 Å². The molecule has 3 heteroatoms. The van der Waals surface area contributed by atoms with E-state index in [9.17, 15) is 9.90 Å². The summed E-state index contributed by atoms with van der Waals surface area (Å²) in [6.07, 6.45) is 18.6. The minimum absolute atomic E-state index is 0.143. The molecular weight excluding hydrogens is 286 g/mol. The lowest BCUT2D eigenvalue weighted by atomic mass is 9.87. The van der Waals surface area contributed by atoms with E-state index in [1.54, 1.807) is 0 Å². The minimum atomic E-state index is -0.179. The zero-order chi connectivity index (χ0) is 16.1. The average Bonchev–Trinajstić information content (AvgIpc) is 3.31. The highest BCUT2D eigenvalue weighted by Crippen LogP contribution is 2.36. The Morgan fingerprint density at radius 1 is 1.17 bits per heavy atom. The van der Waals surface area contributed by atoms with Gasteiger partial charge in [-0.25, -0.2) is 0 Å². The van der Waals surface area contributed by atoms with E-state index in [0.29, 0.717) is 12.0 Å². The number of rotatable bonds is 7. The van der Waals surface area contributed by atoms with Crippen molar-refractivity contribution < 1.29 is 9.90 Å². The molecule has 0 heterocycles. The zero-order valence-corrected chi connectivity index (χ0v) is 14.2. The molecule has 3 rings (SSSR count). The molecule has 0 aliphatic heterocycles. The molecule has 3 aliphatic carbocycles. The van der Waals surface area contributed by atoms with Crippen molar-refractivity contribution in [3.8, 4) is 0 Å². The van der Waals surface area contributed by atoms with Crippen LogP contribution >= 0.6 is 0 Å². The van der Waals surface area contributed by atoms with E-state index in [0.717, 1.165) is 25.7 Å². The van der Waals surface area contributed by atoms with Gasteiger partial charge in [-0.3, -0.25) is 4.79 Å². The van der Waals surface area contributed by atoms with E-state index in [1.807, 2.05) is 0 Å². The van der Waals surface area contributed by atoms with E-state index in [1.165, 1.54) is 50.5 Å². The fourth-order valence-electron chi connectivity index (χ4n) is 3.97. The number of hydrogen-bond acceptors (Lipinski definition) is 2. The second-order valence-corrected chi connectivity index (χ2v) is 7.62. The van der Waals surface area contributed by atoms with Crippen molar-refractivity contribution in [1.82, 2.24) is 5.32 Å². The van der Waals surface area contributed by atoms with Gasteiger partial charge >= 0.3 is 0 Å². The van der Waals surface area contributed by atoms with Crippen molar-refractivity contribution in [1.29, 1.82) is 0 Å². The van der Waals surface area contributed by atoms with Gasteiger partial charge in [0.1, 0.15) is 0 Å². The number of aliphatic hydroxyl groups is 1. The van der Waals surface area contributed by atoms with Gasteiger partial charge in [0.05, 0.1) is 6.10 Å². The number of aliphatic hydroxyl groups excluding tert-OH is 1. The summed E-state index contributed by atoms with van der Waals surface area (Å²) in [7, 11) is 0. The lowest BCUT2D eigenvalue weighted by Gasteiger charge is -2.24. The molecule has 0 aromatic heterocycles. The van der Waals surface area contributed by atoms with Gasteiger partial charge in [-0.15, -0.1) is 0 Å². The van der Waals surface area contributed by atoms with Crippen LogP contribution in [0.15, 0.2) is 23.8 Å². The molecular formula is C20H31NO2. The zero-order valence-electron chi connectivity index (χ0n) is 14.2. The van der Waals surface area contributed by atoms with Gasteiger partial charge in [0.15, 0.2) is 0 Å². The lowest BCUT2D eigenvalue weighted by Crippen LogP contribution is -2.36. The molecule has 2 unspecified atom stereocenters. The van der Waals surface area contributed by atoms with Gasteiger partial charge in [-0.2, -0.15) is 0 Å². The third kappa shape index (κ3) is 5.20. The summed E-state index contributed by atoms with van der Waals surface area (Å²) in [5.41, 5.74) is 1.51. The highest BCUT2D eigenvalue weighted by Gasteiger charge is 2.38. The van der Waals surface area contributed by atoms with Gasteiger partial charge in [0, 0.05) is 12.0 Å². The van der Waals surface area contributed by atoms with Crippen LogP contribution in [0.4, 0.5) is 0 Å². The molecule has 0 radical (unpaired) electrons. The van der Waals surface area contributed by atoms with Gasteiger partial charge in [-0.05, 0) is 70.1 Å². The van der Waals surface area contributed by atoms with Gasteiger partial charge in [0.25, 0.3) is 0 Å². The number of carbonyl (C=O) groups excluding carboxylic acids is 1. The SMILES string of the molecule is O=C(NC1CC1CCCCC1=CCCC=C1)C1CCC(O)CC1. The summed E-state index contributed by atoms with van der Waals surface area (Å²) < 4.78 is 0. The van der Waals surface area contributed by atoms with Gasteiger partial charge < -0.3 is 10.4 Å². The third-order valence-corrected chi connectivity index (χ3v) is 5.68. The van der Waals surface area contributed by atoms with E-state index in [4.69, 9.17) is 0 Å². The predicted molar refractivity (Wildman–Crippen MR) is 92.9 cm³/mol. The van der Waals surface area contributed by atoms with Crippen LogP contribution in [0, 0.1) is 11.8 Å². The Morgan fingerprint density at radius 2 is 2.00 bits per heavy atom. The smallest absolute Gasteiger partial charge is 0.223 e. The summed E-state index contributed by atoms with van der Waals surface area (Å²) in [5.74, 6) is 1.09. The molecule has 2 saturated carbocycles. The molecule has 2 fully saturated rings. The average molecular weight is 317 g/mol. The Morgan fingerprint density at radius 3 is 2.74 bits per heavy atom. The number of allylic oxidation sites excluding steroid dienone is 4. The van der Waals surface area contributed by atoms with Crippen LogP contribution in [0.5, 0.6) is 0 Å². The highest BCUT2D eigenvalue weighted by molar-refractivity contribution is 5.79. The van der Waals surface area contributed by atoms with Crippen LogP contribution in [0.1, 0.15) is 70.6 Å². The van der Waals surface area contributed by atoms with Crippen LogP contribution in [0.25, 0.3) is 0 Å². The number of unbranched alkanes of at least 4 members (excludes halogenated alkanes) is 1. The molecule has 0 bridgehead atoms. The first-order valence-corrected chi connectivity index (χ1v) is 9.56. The second-order valence-electron chi connectivity index (χ2n) is 7.62. The van der Waals surface area contributed by atoms with E-state index in [-0.39, 0.29) is 17.9 Å². The molecule has 0 saturated heterocycles. The highest BCUT2D eigenvalue weighted by atomic mass is 16.3. The first-order valence-electron chi connectivity index (χ1n) is 9.56. The summed E-state index contributed by atoms with van der Waals surface area (Å²) in [6, 6.07) is 0.433. The summed E-state index contributed by atoms with van der Waals surface area (Å²) in [6.45, 7) is 0. The van der Waals surface area contributed by atoms with E-state index < -0.39 is 0 Å². The van der Waals surface area contributed by atoms with Gasteiger partial charge in [0.2, 0.25) is 5.91 Å². The van der Waals surface area contributed by atoms with Crippen molar-refractivity contribution in [2.24, 2.45) is 11.8 Å². The Hall–Kier alpha value is -1.09. The molecule has 2 atom stereocenters. The van der Waals surface area contributed by atoms with Crippen LogP contribution in [0.3, 0.4) is 0 Å². The topological polar surface area (TPSA) is 49.3 Å². The largest absolute Gasteiger partial charge is 0.393 e. The van der Waals surface area contributed by atoms with Crippen LogP contribution in [0.2, 0.25) is 0 Å². The predicted octanol–water partition coefficient (Wildman–Crippen LogP) is 3.88. The van der Waals surface area contributed by atoms with E-state index >= 15 is 0 Å². The maximum absolute atomic E-state index is 12.2. The normalized spacial score (nSPS) is 33.2. The Labute approximate surface area is 140 Å². The molecule has 3 nitrogen and oxygen atoms in total. The molecule has 23 heavy (non-hydrogen) atoms. The van der Waals surface area contributed by atoms with Crippen LogP contribution in [-0.2, 0) is 4.79 Å². The fourth-order valence-corrected chi connectivity index (χ4v) is 3.97. The molecule has 0 aromatic carbocycles.